The maximum atomic E-state index is 11.8. The van der Waals surface area contributed by atoms with Gasteiger partial charge < -0.3 is 15.4 Å². The van der Waals surface area contributed by atoms with E-state index in [0.29, 0.717) is 17.9 Å². The van der Waals surface area contributed by atoms with E-state index >= 15 is 0 Å². The number of likely N-dealkylation sites (N-methyl/N-ethyl adjacent to an activating group) is 1. The predicted octanol–water partition coefficient (Wildman–Crippen LogP) is 3.19. The van der Waals surface area contributed by atoms with Gasteiger partial charge in [-0.05, 0) is 43.0 Å². The molecule has 1 heterocycles. The van der Waals surface area contributed by atoms with E-state index in [9.17, 15) is 4.79 Å². The second-order valence-corrected chi connectivity index (χ2v) is 5.78. The SMILES string of the molecule is CCOC(=O)c1ccc(N)c(N(C)CCc2cccs2)c1. The highest BCUT2D eigenvalue weighted by molar-refractivity contribution is 7.09. The number of ether oxygens (including phenoxy) is 1. The topological polar surface area (TPSA) is 55.6 Å². The van der Waals surface area contributed by atoms with Crippen molar-refractivity contribution in [3.8, 4) is 0 Å². The van der Waals surface area contributed by atoms with E-state index in [-0.39, 0.29) is 5.97 Å². The summed E-state index contributed by atoms with van der Waals surface area (Å²) in [5.74, 6) is -0.314. The summed E-state index contributed by atoms with van der Waals surface area (Å²) < 4.78 is 5.02. The number of thiophene rings is 1. The van der Waals surface area contributed by atoms with Gasteiger partial charge in [0.25, 0.3) is 0 Å². The van der Waals surface area contributed by atoms with Crippen LogP contribution in [0.2, 0.25) is 0 Å². The lowest BCUT2D eigenvalue weighted by Crippen LogP contribution is -2.21. The molecule has 0 fully saturated rings. The van der Waals surface area contributed by atoms with E-state index in [1.54, 1.807) is 36.5 Å². The highest BCUT2D eigenvalue weighted by Crippen LogP contribution is 2.24. The van der Waals surface area contributed by atoms with Gasteiger partial charge in [-0.25, -0.2) is 4.79 Å². The zero-order chi connectivity index (χ0) is 15.2. The minimum Gasteiger partial charge on any atom is -0.462 e. The summed E-state index contributed by atoms with van der Waals surface area (Å²) in [6.07, 6.45) is 0.956. The highest BCUT2D eigenvalue weighted by atomic mass is 32.1. The average molecular weight is 304 g/mol. The fourth-order valence-corrected chi connectivity index (χ4v) is 2.77. The van der Waals surface area contributed by atoms with Crippen LogP contribution in [0.5, 0.6) is 0 Å². The first-order valence-electron chi connectivity index (χ1n) is 6.92. The molecule has 0 aliphatic rings. The number of anilines is 2. The molecule has 1 aromatic carbocycles. The number of hydrogen-bond donors (Lipinski definition) is 1. The normalized spacial score (nSPS) is 10.4. The van der Waals surface area contributed by atoms with Crippen molar-refractivity contribution in [3.63, 3.8) is 0 Å². The Morgan fingerprint density at radius 1 is 1.38 bits per heavy atom. The molecule has 4 nitrogen and oxygen atoms in total. The average Bonchev–Trinajstić information content (AvgIpc) is 2.98. The molecule has 0 amide bonds. The third-order valence-corrected chi connectivity index (χ3v) is 4.16. The van der Waals surface area contributed by atoms with Crippen LogP contribution in [0.4, 0.5) is 11.4 Å². The van der Waals surface area contributed by atoms with Gasteiger partial charge in [-0.2, -0.15) is 0 Å². The fourth-order valence-electron chi connectivity index (χ4n) is 2.07. The Hall–Kier alpha value is -2.01. The summed E-state index contributed by atoms with van der Waals surface area (Å²) >= 11 is 1.75. The first-order valence-corrected chi connectivity index (χ1v) is 7.80. The van der Waals surface area contributed by atoms with Crippen LogP contribution in [-0.2, 0) is 11.2 Å². The largest absolute Gasteiger partial charge is 0.462 e. The molecule has 0 radical (unpaired) electrons. The van der Waals surface area contributed by atoms with Gasteiger partial charge in [0.05, 0.1) is 23.5 Å². The molecule has 2 rings (SSSR count). The molecular formula is C16H20N2O2S. The number of rotatable bonds is 6. The monoisotopic (exact) mass is 304 g/mol. The van der Waals surface area contributed by atoms with Crippen LogP contribution in [0, 0.1) is 0 Å². The summed E-state index contributed by atoms with van der Waals surface area (Å²) in [6.45, 7) is 3.01. The van der Waals surface area contributed by atoms with Gasteiger partial charge in [-0.1, -0.05) is 6.07 Å². The number of esters is 1. The molecule has 1 aromatic heterocycles. The quantitative estimate of drug-likeness (QED) is 0.658. The van der Waals surface area contributed by atoms with E-state index in [1.165, 1.54) is 4.88 Å². The zero-order valence-electron chi connectivity index (χ0n) is 12.3. The molecule has 0 saturated heterocycles. The molecule has 21 heavy (non-hydrogen) atoms. The van der Waals surface area contributed by atoms with E-state index in [4.69, 9.17) is 10.5 Å². The van der Waals surface area contributed by atoms with E-state index in [1.807, 2.05) is 7.05 Å². The second-order valence-electron chi connectivity index (χ2n) is 4.74. The summed E-state index contributed by atoms with van der Waals surface area (Å²) in [5, 5.41) is 2.07. The van der Waals surface area contributed by atoms with Crippen molar-refractivity contribution in [2.24, 2.45) is 0 Å². The lowest BCUT2D eigenvalue weighted by atomic mass is 10.1. The van der Waals surface area contributed by atoms with Gasteiger partial charge in [0.15, 0.2) is 0 Å². The molecule has 0 saturated carbocycles. The van der Waals surface area contributed by atoms with Gasteiger partial charge >= 0.3 is 5.97 Å². The van der Waals surface area contributed by atoms with Gasteiger partial charge in [-0.3, -0.25) is 0 Å². The Balaban J connectivity index is 2.10. The van der Waals surface area contributed by atoms with Gasteiger partial charge in [-0.15, -0.1) is 11.3 Å². The van der Waals surface area contributed by atoms with Gasteiger partial charge in [0.2, 0.25) is 0 Å². The van der Waals surface area contributed by atoms with E-state index < -0.39 is 0 Å². The molecule has 2 N–H and O–H groups in total. The summed E-state index contributed by atoms with van der Waals surface area (Å²) in [4.78, 5) is 15.2. The minimum atomic E-state index is -0.314. The van der Waals surface area contributed by atoms with Gasteiger partial charge in [0.1, 0.15) is 0 Å². The maximum absolute atomic E-state index is 11.8. The molecular weight excluding hydrogens is 284 g/mol. The number of nitrogen functional groups attached to an aromatic ring is 1. The maximum Gasteiger partial charge on any atom is 0.338 e. The third kappa shape index (κ3) is 3.98. The Labute approximate surface area is 129 Å². The summed E-state index contributed by atoms with van der Waals surface area (Å²) in [7, 11) is 1.98. The van der Waals surface area contributed by atoms with Crippen LogP contribution >= 0.6 is 11.3 Å². The molecule has 5 heteroatoms. The highest BCUT2D eigenvalue weighted by Gasteiger charge is 2.12. The van der Waals surface area contributed by atoms with E-state index in [2.05, 4.69) is 22.4 Å². The lowest BCUT2D eigenvalue weighted by Gasteiger charge is -2.21. The number of carbonyl (C=O) groups excluding carboxylic acids is 1. The van der Waals surface area contributed by atoms with Crippen LogP contribution in [0.1, 0.15) is 22.2 Å². The Morgan fingerprint density at radius 3 is 2.86 bits per heavy atom. The van der Waals surface area contributed by atoms with E-state index in [0.717, 1.165) is 18.7 Å². The Bertz CT molecular complexity index is 596. The van der Waals surface area contributed by atoms with Crippen molar-refractivity contribution in [1.29, 1.82) is 0 Å². The third-order valence-electron chi connectivity index (χ3n) is 3.23. The standard InChI is InChI=1S/C16H20N2O2S/c1-3-20-16(19)12-6-7-14(17)15(11-12)18(2)9-8-13-5-4-10-21-13/h4-7,10-11H,3,8-9,17H2,1-2H3. The molecule has 112 valence electrons. The number of hydrogen-bond acceptors (Lipinski definition) is 5. The molecule has 0 spiro atoms. The van der Waals surface area contributed by atoms with Crippen molar-refractivity contribution >= 4 is 28.7 Å². The molecule has 0 bridgehead atoms. The van der Waals surface area contributed by atoms with Crippen LogP contribution in [0.15, 0.2) is 35.7 Å². The summed E-state index contributed by atoms with van der Waals surface area (Å²) in [5.41, 5.74) is 8.08. The zero-order valence-corrected chi connectivity index (χ0v) is 13.2. The number of carbonyl (C=O) groups is 1. The lowest BCUT2D eigenvalue weighted by molar-refractivity contribution is 0.0526. The first-order chi connectivity index (χ1) is 10.1. The van der Waals surface area contributed by atoms with Crippen molar-refractivity contribution in [1.82, 2.24) is 0 Å². The number of nitrogens with zero attached hydrogens (tertiary/aromatic N) is 1. The minimum absolute atomic E-state index is 0.314. The van der Waals surface area contributed by atoms with Crippen molar-refractivity contribution in [2.75, 3.05) is 30.8 Å². The van der Waals surface area contributed by atoms with Crippen LogP contribution in [0.3, 0.4) is 0 Å². The molecule has 0 unspecified atom stereocenters. The van der Waals surface area contributed by atoms with Crippen LogP contribution in [0.25, 0.3) is 0 Å². The Kier molecular flexibility index (Phi) is 5.22. The van der Waals surface area contributed by atoms with Crippen molar-refractivity contribution < 1.29 is 9.53 Å². The smallest absolute Gasteiger partial charge is 0.338 e. The summed E-state index contributed by atoms with van der Waals surface area (Å²) in [6, 6.07) is 9.42. The van der Waals surface area contributed by atoms with Crippen molar-refractivity contribution in [2.45, 2.75) is 13.3 Å². The fraction of sp³-hybridized carbons (Fsp3) is 0.312. The molecule has 0 aliphatic heterocycles. The molecule has 0 atom stereocenters. The van der Waals surface area contributed by atoms with Crippen molar-refractivity contribution in [3.05, 3.63) is 46.2 Å². The number of nitrogens with two attached hydrogens (primary N) is 1. The Morgan fingerprint density at radius 2 is 2.19 bits per heavy atom. The predicted molar refractivity (Wildman–Crippen MR) is 88.1 cm³/mol. The second kappa shape index (κ2) is 7.13. The first kappa shape index (κ1) is 15.4. The number of benzene rings is 1. The molecule has 0 aliphatic carbocycles. The van der Waals surface area contributed by atoms with Gasteiger partial charge in [0, 0.05) is 18.5 Å². The van der Waals surface area contributed by atoms with Crippen LogP contribution in [-0.4, -0.2) is 26.2 Å². The van der Waals surface area contributed by atoms with Crippen LogP contribution < -0.4 is 10.6 Å². The molecule has 2 aromatic rings.